The number of hydrogen-bond acceptors (Lipinski definition) is 4. The minimum absolute atomic E-state index is 0.0815. The molecule has 0 unspecified atom stereocenters. The summed E-state index contributed by atoms with van der Waals surface area (Å²) < 4.78 is 0. The zero-order valence-corrected chi connectivity index (χ0v) is 11.6. The summed E-state index contributed by atoms with van der Waals surface area (Å²) in [6, 6.07) is 15.8. The second-order valence-corrected chi connectivity index (χ2v) is 4.64. The van der Waals surface area contributed by atoms with E-state index in [0.29, 0.717) is 0 Å². The number of amides is 1. The molecule has 108 valence electrons. The first-order valence-corrected chi connectivity index (χ1v) is 6.71. The molecule has 0 atom stereocenters. The molecule has 0 aliphatic heterocycles. The van der Waals surface area contributed by atoms with E-state index in [9.17, 15) is 9.90 Å². The molecule has 0 spiro atoms. The van der Waals surface area contributed by atoms with Crippen LogP contribution in [0.25, 0.3) is 10.9 Å². The minimum Gasteiger partial charge on any atom is -0.507 e. The minimum atomic E-state index is -0.470. The number of nitrogens with one attached hydrogen (secondary N) is 1. The Bertz CT molecular complexity index is 854. The summed E-state index contributed by atoms with van der Waals surface area (Å²) in [4.78, 5) is 16.2. The van der Waals surface area contributed by atoms with Crippen LogP contribution in [0, 0.1) is 0 Å². The molecular formula is C17H13N3O2. The van der Waals surface area contributed by atoms with E-state index < -0.39 is 5.91 Å². The largest absolute Gasteiger partial charge is 0.507 e. The molecule has 0 saturated carbocycles. The summed E-state index contributed by atoms with van der Waals surface area (Å²) in [6.07, 6.45) is 3.24. The molecule has 1 aromatic heterocycles. The number of hydrazone groups is 1. The lowest BCUT2D eigenvalue weighted by molar-refractivity contribution is 0.0952. The van der Waals surface area contributed by atoms with Crippen LogP contribution >= 0.6 is 0 Å². The van der Waals surface area contributed by atoms with Gasteiger partial charge in [-0.05, 0) is 18.2 Å². The van der Waals surface area contributed by atoms with E-state index in [1.165, 1.54) is 18.3 Å². The maximum atomic E-state index is 11.9. The Morgan fingerprint density at radius 1 is 1.09 bits per heavy atom. The normalized spacial score (nSPS) is 10.9. The Kier molecular flexibility index (Phi) is 3.78. The van der Waals surface area contributed by atoms with Crippen LogP contribution in [0.2, 0.25) is 0 Å². The van der Waals surface area contributed by atoms with Crippen LogP contribution in [-0.2, 0) is 0 Å². The highest BCUT2D eigenvalue weighted by Crippen LogP contribution is 2.15. The summed E-state index contributed by atoms with van der Waals surface area (Å²) in [7, 11) is 0. The van der Waals surface area contributed by atoms with Crippen LogP contribution in [-0.4, -0.2) is 22.2 Å². The molecule has 1 heterocycles. The van der Waals surface area contributed by atoms with Gasteiger partial charge in [0.25, 0.3) is 5.91 Å². The summed E-state index contributed by atoms with van der Waals surface area (Å²) in [5.41, 5.74) is 4.18. The number of benzene rings is 2. The SMILES string of the molecule is O=C(N/N=C\c1cccc2cccnc12)c1ccccc1O. The van der Waals surface area contributed by atoms with Crippen LogP contribution in [0.15, 0.2) is 65.9 Å². The zero-order chi connectivity index (χ0) is 15.4. The van der Waals surface area contributed by atoms with Gasteiger partial charge in [0.1, 0.15) is 5.75 Å². The van der Waals surface area contributed by atoms with Gasteiger partial charge in [-0.3, -0.25) is 9.78 Å². The molecule has 0 saturated heterocycles. The number of carbonyl (C=O) groups excluding carboxylic acids is 1. The quantitative estimate of drug-likeness (QED) is 0.575. The van der Waals surface area contributed by atoms with E-state index in [4.69, 9.17) is 0 Å². The molecule has 1 amide bonds. The Balaban J connectivity index is 1.80. The third kappa shape index (κ3) is 2.78. The number of aromatic nitrogens is 1. The average Bonchev–Trinajstić information content (AvgIpc) is 2.55. The molecule has 22 heavy (non-hydrogen) atoms. The molecule has 0 aliphatic carbocycles. The van der Waals surface area contributed by atoms with Crippen molar-refractivity contribution in [2.24, 2.45) is 5.10 Å². The topological polar surface area (TPSA) is 74.6 Å². The fourth-order valence-electron chi connectivity index (χ4n) is 2.12. The summed E-state index contributed by atoms with van der Waals surface area (Å²) in [5, 5.41) is 14.5. The van der Waals surface area contributed by atoms with Crippen molar-refractivity contribution in [1.29, 1.82) is 0 Å². The van der Waals surface area contributed by atoms with Gasteiger partial charge in [0, 0.05) is 17.1 Å². The molecule has 0 bridgehead atoms. The van der Waals surface area contributed by atoms with Gasteiger partial charge in [-0.25, -0.2) is 5.43 Å². The molecule has 0 aliphatic rings. The zero-order valence-electron chi connectivity index (χ0n) is 11.6. The maximum Gasteiger partial charge on any atom is 0.275 e. The lowest BCUT2D eigenvalue weighted by Crippen LogP contribution is -2.17. The van der Waals surface area contributed by atoms with Gasteiger partial charge in [-0.15, -0.1) is 0 Å². The molecule has 2 N–H and O–H groups in total. The van der Waals surface area contributed by atoms with E-state index in [-0.39, 0.29) is 11.3 Å². The molecule has 5 nitrogen and oxygen atoms in total. The predicted molar refractivity (Wildman–Crippen MR) is 84.9 cm³/mol. The first-order chi connectivity index (χ1) is 10.8. The van der Waals surface area contributed by atoms with Crippen LogP contribution in [0.4, 0.5) is 0 Å². The van der Waals surface area contributed by atoms with Gasteiger partial charge in [-0.2, -0.15) is 5.10 Å². The number of phenols is 1. The summed E-state index contributed by atoms with van der Waals surface area (Å²) in [5.74, 6) is -0.551. The van der Waals surface area contributed by atoms with Gasteiger partial charge in [0.05, 0.1) is 17.3 Å². The second-order valence-electron chi connectivity index (χ2n) is 4.64. The van der Waals surface area contributed by atoms with Crippen molar-refractivity contribution in [3.8, 4) is 5.75 Å². The Labute approximate surface area is 126 Å². The number of fused-ring (bicyclic) bond motifs is 1. The smallest absolute Gasteiger partial charge is 0.275 e. The van der Waals surface area contributed by atoms with Crippen LogP contribution < -0.4 is 5.43 Å². The number of phenolic OH excluding ortho intramolecular Hbond substituents is 1. The number of rotatable bonds is 3. The highest BCUT2D eigenvalue weighted by atomic mass is 16.3. The van der Waals surface area contributed by atoms with Crippen molar-refractivity contribution in [3.63, 3.8) is 0 Å². The summed E-state index contributed by atoms with van der Waals surface area (Å²) in [6.45, 7) is 0. The molecule has 3 rings (SSSR count). The highest BCUT2D eigenvalue weighted by Gasteiger charge is 2.08. The first-order valence-electron chi connectivity index (χ1n) is 6.71. The Morgan fingerprint density at radius 2 is 1.91 bits per heavy atom. The van der Waals surface area contributed by atoms with Gasteiger partial charge in [-0.1, -0.05) is 36.4 Å². The highest BCUT2D eigenvalue weighted by molar-refractivity contribution is 5.99. The summed E-state index contributed by atoms with van der Waals surface area (Å²) >= 11 is 0. The Hall–Kier alpha value is -3.21. The first kappa shape index (κ1) is 13.8. The van der Waals surface area contributed by atoms with Crippen molar-refractivity contribution < 1.29 is 9.90 Å². The van der Waals surface area contributed by atoms with Gasteiger partial charge in [0.2, 0.25) is 0 Å². The number of carbonyl (C=O) groups is 1. The fourth-order valence-corrected chi connectivity index (χ4v) is 2.12. The van der Waals surface area contributed by atoms with E-state index >= 15 is 0 Å². The average molecular weight is 291 g/mol. The molecular weight excluding hydrogens is 278 g/mol. The van der Waals surface area contributed by atoms with Crippen molar-refractivity contribution in [1.82, 2.24) is 10.4 Å². The van der Waals surface area contributed by atoms with Crippen LogP contribution in [0.1, 0.15) is 15.9 Å². The third-order valence-corrected chi connectivity index (χ3v) is 3.18. The number of nitrogens with zero attached hydrogens (tertiary/aromatic N) is 2. The Morgan fingerprint density at radius 3 is 2.77 bits per heavy atom. The fraction of sp³-hybridized carbons (Fsp3) is 0. The lowest BCUT2D eigenvalue weighted by atomic mass is 10.1. The van der Waals surface area contributed by atoms with E-state index in [2.05, 4.69) is 15.5 Å². The second kappa shape index (κ2) is 6.05. The van der Waals surface area contributed by atoms with E-state index in [1.807, 2.05) is 30.3 Å². The predicted octanol–water partition coefficient (Wildman–Crippen LogP) is 2.70. The standard InChI is InChI=1S/C17H13N3O2/c21-15-9-2-1-8-14(15)17(22)20-19-11-13-6-3-5-12-7-4-10-18-16(12)13/h1-11,21H,(H,20,22)/b19-11-. The molecule has 0 fully saturated rings. The van der Waals surface area contributed by atoms with E-state index in [1.54, 1.807) is 18.3 Å². The van der Waals surface area contributed by atoms with Crippen molar-refractivity contribution in [2.45, 2.75) is 0 Å². The third-order valence-electron chi connectivity index (χ3n) is 3.18. The molecule has 0 radical (unpaired) electrons. The monoisotopic (exact) mass is 291 g/mol. The molecule has 2 aromatic carbocycles. The van der Waals surface area contributed by atoms with Gasteiger partial charge >= 0.3 is 0 Å². The van der Waals surface area contributed by atoms with E-state index in [0.717, 1.165) is 16.5 Å². The van der Waals surface area contributed by atoms with Gasteiger partial charge in [0.15, 0.2) is 0 Å². The lowest BCUT2D eigenvalue weighted by Gasteiger charge is -2.03. The van der Waals surface area contributed by atoms with Crippen molar-refractivity contribution in [3.05, 3.63) is 71.9 Å². The maximum absolute atomic E-state index is 11.9. The number of hydrogen-bond donors (Lipinski definition) is 2. The molecule has 3 aromatic rings. The number of pyridine rings is 1. The molecule has 5 heteroatoms. The van der Waals surface area contributed by atoms with Crippen LogP contribution in [0.5, 0.6) is 5.75 Å². The van der Waals surface area contributed by atoms with Crippen molar-refractivity contribution in [2.75, 3.05) is 0 Å². The number of aromatic hydroxyl groups is 1. The van der Waals surface area contributed by atoms with Crippen molar-refractivity contribution >= 4 is 23.0 Å². The van der Waals surface area contributed by atoms with Crippen LogP contribution in [0.3, 0.4) is 0 Å². The van der Waals surface area contributed by atoms with Gasteiger partial charge < -0.3 is 5.11 Å². The number of para-hydroxylation sites is 2.